The van der Waals surface area contributed by atoms with Gasteiger partial charge >= 0.3 is 0 Å². The molecule has 0 fully saturated rings. The smallest absolute Gasteiger partial charge is 0.221 e. The SMILES string of the molecule is C=C[SiH](O)CO. The van der Waals surface area contributed by atoms with Gasteiger partial charge in [0.1, 0.15) is 0 Å². The first-order valence-corrected chi connectivity index (χ1v) is 3.72. The first-order valence-electron chi connectivity index (χ1n) is 1.72. The van der Waals surface area contributed by atoms with Crippen molar-refractivity contribution in [2.24, 2.45) is 0 Å². The molecule has 1 atom stereocenters. The Kier molecular flexibility index (Phi) is 3.02. The molecule has 2 nitrogen and oxygen atoms in total. The average molecular weight is 104 g/mol. The second kappa shape index (κ2) is 3.08. The molecule has 0 heterocycles. The highest BCUT2D eigenvalue weighted by Crippen LogP contribution is 1.69. The van der Waals surface area contributed by atoms with Gasteiger partial charge in [0.05, 0.1) is 6.23 Å². The predicted molar refractivity (Wildman–Crippen MR) is 26.7 cm³/mol. The van der Waals surface area contributed by atoms with Crippen LogP contribution in [0.2, 0.25) is 0 Å². The zero-order valence-electron chi connectivity index (χ0n) is 3.46. The maximum Gasteiger partial charge on any atom is 0.221 e. The van der Waals surface area contributed by atoms with Crippen molar-refractivity contribution in [3.8, 4) is 0 Å². The van der Waals surface area contributed by atoms with E-state index >= 15 is 0 Å². The van der Waals surface area contributed by atoms with E-state index in [1.54, 1.807) is 0 Å². The van der Waals surface area contributed by atoms with Crippen molar-refractivity contribution in [3.05, 3.63) is 12.3 Å². The molecule has 3 heteroatoms. The number of hydrogen-bond donors (Lipinski definition) is 2. The number of aliphatic hydroxyl groups is 1. The van der Waals surface area contributed by atoms with Crippen LogP contribution in [0.25, 0.3) is 0 Å². The van der Waals surface area contributed by atoms with Crippen molar-refractivity contribution in [1.82, 2.24) is 0 Å². The van der Waals surface area contributed by atoms with Gasteiger partial charge in [-0.2, -0.15) is 0 Å². The summed E-state index contributed by atoms with van der Waals surface area (Å²) in [5.74, 6) is 0. The topological polar surface area (TPSA) is 40.5 Å². The van der Waals surface area contributed by atoms with E-state index < -0.39 is 9.04 Å². The molecule has 0 aliphatic heterocycles. The molecule has 6 heavy (non-hydrogen) atoms. The molecule has 0 bridgehead atoms. The third kappa shape index (κ3) is 2.13. The Morgan fingerprint density at radius 3 is 2.33 bits per heavy atom. The van der Waals surface area contributed by atoms with E-state index in [9.17, 15) is 0 Å². The fourth-order valence-electron chi connectivity index (χ4n) is 0.0745. The van der Waals surface area contributed by atoms with Gasteiger partial charge in [-0.3, -0.25) is 0 Å². The fraction of sp³-hybridized carbons (Fsp3) is 0.333. The number of aliphatic hydroxyl groups excluding tert-OH is 1. The summed E-state index contributed by atoms with van der Waals surface area (Å²) in [6.07, 6.45) is -0.0938. The molecule has 0 spiro atoms. The molecule has 0 amide bonds. The molecule has 0 aromatic rings. The van der Waals surface area contributed by atoms with E-state index in [0.29, 0.717) is 0 Å². The van der Waals surface area contributed by atoms with Crippen LogP contribution in [0.5, 0.6) is 0 Å². The van der Waals surface area contributed by atoms with Crippen molar-refractivity contribution in [3.63, 3.8) is 0 Å². The second-order valence-corrected chi connectivity index (χ2v) is 2.96. The lowest BCUT2D eigenvalue weighted by atomic mass is 11.3. The summed E-state index contributed by atoms with van der Waals surface area (Å²) < 4.78 is 0. The minimum absolute atomic E-state index is 0.0938. The summed E-state index contributed by atoms with van der Waals surface area (Å²) >= 11 is 0. The van der Waals surface area contributed by atoms with Gasteiger partial charge < -0.3 is 9.90 Å². The highest BCUT2D eigenvalue weighted by molar-refractivity contribution is 6.55. The highest BCUT2D eigenvalue weighted by atomic mass is 28.3. The zero-order valence-corrected chi connectivity index (χ0v) is 4.62. The molecule has 0 aromatic carbocycles. The third-order valence-electron chi connectivity index (χ3n) is 0.459. The molecule has 0 saturated heterocycles. The van der Waals surface area contributed by atoms with Gasteiger partial charge in [0.2, 0.25) is 9.04 Å². The summed E-state index contributed by atoms with van der Waals surface area (Å²) in [6.45, 7) is 3.28. The van der Waals surface area contributed by atoms with E-state index in [1.165, 1.54) is 5.70 Å². The summed E-state index contributed by atoms with van der Waals surface area (Å²) in [4.78, 5) is 8.44. The van der Waals surface area contributed by atoms with E-state index in [2.05, 4.69) is 6.58 Å². The van der Waals surface area contributed by atoms with Crippen molar-refractivity contribution in [2.75, 3.05) is 6.23 Å². The Balaban J connectivity index is 2.96. The second-order valence-electron chi connectivity index (χ2n) is 0.986. The lowest BCUT2D eigenvalue weighted by Crippen LogP contribution is -2.13. The highest BCUT2D eigenvalue weighted by Gasteiger charge is 1.92. The van der Waals surface area contributed by atoms with Crippen LogP contribution in [-0.2, 0) is 0 Å². The summed E-state index contributed by atoms with van der Waals surface area (Å²) in [7, 11) is -1.84. The molecule has 1 unspecified atom stereocenters. The van der Waals surface area contributed by atoms with Gasteiger partial charge in [0.25, 0.3) is 0 Å². The molecule has 0 saturated carbocycles. The largest absolute Gasteiger partial charge is 0.429 e. The molecule has 36 valence electrons. The lowest BCUT2D eigenvalue weighted by Gasteiger charge is -1.89. The van der Waals surface area contributed by atoms with Crippen LogP contribution < -0.4 is 0 Å². The molecule has 0 aliphatic carbocycles. The maximum atomic E-state index is 8.44. The van der Waals surface area contributed by atoms with E-state index in [4.69, 9.17) is 9.90 Å². The third-order valence-corrected chi connectivity index (χ3v) is 1.38. The van der Waals surface area contributed by atoms with E-state index in [0.717, 1.165) is 0 Å². The van der Waals surface area contributed by atoms with Crippen LogP contribution in [0, 0.1) is 0 Å². The standard InChI is InChI=1S/C3H8O2Si/c1-2-6(5)3-4/h2,4-6H,1,3H2. The molecular weight excluding hydrogens is 96.1 g/mol. The normalized spacial score (nSPS) is 13.7. The average Bonchev–Trinajstić information content (AvgIpc) is 1.65. The maximum absolute atomic E-state index is 8.44. The van der Waals surface area contributed by atoms with E-state index in [1.807, 2.05) is 0 Å². The number of rotatable bonds is 2. The molecule has 0 aromatic heterocycles. The monoisotopic (exact) mass is 104 g/mol. The van der Waals surface area contributed by atoms with Crippen molar-refractivity contribution < 1.29 is 9.90 Å². The Morgan fingerprint density at radius 1 is 1.83 bits per heavy atom. The van der Waals surface area contributed by atoms with Gasteiger partial charge in [-0.05, 0) is 0 Å². The first kappa shape index (κ1) is 5.88. The van der Waals surface area contributed by atoms with Crippen molar-refractivity contribution >= 4 is 9.04 Å². The van der Waals surface area contributed by atoms with Crippen molar-refractivity contribution in [2.45, 2.75) is 0 Å². The van der Waals surface area contributed by atoms with Gasteiger partial charge in [-0.1, -0.05) is 5.70 Å². The van der Waals surface area contributed by atoms with Crippen molar-refractivity contribution in [1.29, 1.82) is 0 Å². The molecular formula is C3H8O2Si. The van der Waals surface area contributed by atoms with Crippen LogP contribution >= 0.6 is 0 Å². The summed E-state index contributed by atoms with van der Waals surface area (Å²) in [5, 5.41) is 8.08. The van der Waals surface area contributed by atoms with Crippen LogP contribution in [0.15, 0.2) is 12.3 Å². The van der Waals surface area contributed by atoms with Gasteiger partial charge in [0, 0.05) is 0 Å². The molecule has 0 radical (unpaired) electrons. The van der Waals surface area contributed by atoms with Crippen LogP contribution in [0.4, 0.5) is 0 Å². The Labute approximate surface area is 38.5 Å². The minimum Gasteiger partial charge on any atom is -0.429 e. The molecule has 0 rings (SSSR count). The van der Waals surface area contributed by atoms with Gasteiger partial charge in [-0.25, -0.2) is 0 Å². The van der Waals surface area contributed by atoms with Gasteiger partial charge in [-0.15, -0.1) is 6.58 Å². The van der Waals surface area contributed by atoms with Crippen LogP contribution in [0.3, 0.4) is 0 Å². The van der Waals surface area contributed by atoms with Gasteiger partial charge in [0.15, 0.2) is 0 Å². The Hall–Kier alpha value is -0.123. The zero-order chi connectivity index (χ0) is 4.99. The fourth-order valence-corrected chi connectivity index (χ4v) is 0.224. The van der Waals surface area contributed by atoms with E-state index in [-0.39, 0.29) is 6.23 Å². The number of hydrogen-bond acceptors (Lipinski definition) is 2. The van der Waals surface area contributed by atoms with Crippen LogP contribution in [-0.4, -0.2) is 25.2 Å². The predicted octanol–water partition coefficient (Wildman–Crippen LogP) is -1.04. The first-order chi connectivity index (χ1) is 2.81. The Morgan fingerprint density at radius 2 is 2.33 bits per heavy atom. The quantitative estimate of drug-likeness (QED) is 0.439. The summed E-state index contributed by atoms with van der Waals surface area (Å²) in [5.41, 5.74) is 1.42. The lowest BCUT2D eigenvalue weighted by molar-refractivity contribution is 0.342. The van der Waals surface area contributed by atoms with Crippen LogP contribution in [0.1, 0.15) is 0 Å². The molecule has 0 aliphatic rings. The summed E-state index contributed by atoms with van der Waals surface area (Å²) in [6, 6.07) is 0. The molecule has 2 N–H and O–H groups in total. The minimum atomic E-state index is -1.84. The Bertz CT molecular complexity index is 46.1.